The van der Waals surface area contributed by atoms with Gasteiger partial charge in [-0.25, -0.2) is 0 Å². The summed E-state index contributed by atoms with van der Waals surface area (Å²) in [5.41, 5.74) is 1.17. The van der Waals surface area contributed by atoms with Crippen molar-refractivity contribution >= 4 is 29.1 Å². The molecule has 3 rings (SSSR count). The van der Waals surface area contributed by atoms with Crippen LogP contribution in [0.5, 0.6) is 0 Å². The van der Waals surface area contributed by atoms with Crippen molar-refractivity contribution in [2.24, 2.45) is 5.92 Å². The van der Waals surface area contributed by atoms with Crippen molar-refractivity contribution in [1.82, 2.24) is 10.2 Å². The van der Waals surface area contributed by atoms with Gasteiger partial charge in [-0.05, 0) is 31.7 Å². The first-order valence-corrected chi connectivity index (χ1v) is 9.16. The Labute approximate surface area is 144 Å². The van der Waals surface area contributed by atoms with Gasteiger partial charge >= 0.3 is 5.97 Å². The Kier molecular flexibility index (Phi) is 4.38. The minimum absolute atomic E-state index is 0.0160. The normalized spacial score (nSPS) is 22.7. The number of amides is 2. The molecule has 2 aliphatic heterocycles. The van der Waals surface area contributed by atoms with Crippen LogP contribution in [0.15, 0.2) is 5.38 Å². The third-order valence-electron chi connectivity index (χ3n) is 5.37. The Morgan fingerprint density at radius 3 is 2.67 bits per heavy atom. The molecule has 1 aromatic rings. The minimum atomic E-state index is -0.935. The maximum atomic E-state index is 12.8. The first kappa shape index (κ1) is 17.0. The Bertz CT molecular complexity index is 689. The third kappa shape index (κ3) is 2.70. The number of carbonyl (C=O) groups is 3. The van der Waals surface area contributed by atoms with Crippen LogP contribution in [0.4, 0.5) is 0 Å². The first-order chi connectivity index (χ1) is 11.4. The number of nitrogens with zero attached hydrogens (tertiary/aromatic N) is 1. The predicted molar refractivity (Wildman–Crippen MR) is 90.2 cm³/mol. The van der Waals surface area contributed by atoms with Crippen molar-refractivity contribution in [1.29, 1.82) is 0 Å². The number of piperidine rings is 1. The molecule has 0 unspecified atom stereocenters. The van der Waals surface area contributed by atoms with E-state index in [1.54, 1.807) is 16.2 Å². The summed E-state index contributed by atoms with van der Waals surface area (Å²) in [6.07, 6.45) is 1.84. The first-order valence-electron chi connectivity index (χ1n) is 8.28. The molecule has 0 aliphatic carbocycles. The average Bonchev–Trinajstić information content (AvgIpc) is 3.07. The highest BCUT2D eigenvalue weighted by Gasteiger charge is 2.52. The molecule has 1 aromatic heterocycles. The van der Waals surface area contributed by atoms with Crippen LogP contribution in [0.2, 0.25) is 0 Å². The molecular formula is C17H22N2O4S. The predicted octanol–water partition coefficient (Wildman–Crippen LogP) is 1.81. The fraction of sp³-hybridized carbons (Fsp3) is 0.588. The van der Waals surface area contributed by atoms with E-state index in [0.29, 0.717) is 25.9 Å². The lowest BCUT2D eigenvalue weighted by Gasteiger charge is -2.41. The summed E-state index contributed by atoms with van der Waals surface area (Å²) in [4.78, 5) is 38.9. The Morgan fingerprint density at radius 2 is 2.08 bits per heavy atom. The summed E-state index contributed by atoms with van der Waals surface area (Å²) < 4.78 is 0. The number of hydrogen-bond donors (Lipinski definition) is 2. The maximum Gasteiger partial charge on any atom is 0.309 e. The summed E-state index contributed by atoms with van der Waals surface area (Å²) in [6.45, 7) is 5.02. The highest BCUT2D eigenvalue weighted by molar-refractivity contribution is 7.10. The summed E-state index contributed by atoms with van der Waals surface area (Å²) in [5.74, 6) is -1.82. The Morgan fingerprint density at radius 1 is 1.42 bits per heavy atom. The number of rotatable bonds is 3. The molecule has 2 N–H and O–H groups in total. The van der Waals surface area contributed by atoms with E-state index in [4.69, 9.17) is 0 Å². The standard InChI is InChI=1S/C17H22N2O4S/c1-3-11-10(2)24-9-12(11)15(21)19-6-4-17(5-7-19)13(16(22)23)8-14(20)18-17/h9,13H,3-8H2,1-2H3,(H,18,20)(H,22,23)/t13-/m1/s1. The molecule has 130 valence electrons. The number of thiophene rings is 1. The highest BCUT2D eigenvalue weighted by atomic mass is 32.1. The van der Waals surface area contributed by atoms with Crippen molar-refractivity contribution in [3.05, 3.63) is 21.4 Å². The minimum Gasteiger partial charge on any atom is -0.481 e. The summed E-state index contributed by atoms with van der Waals surface area (Å²) in [5, 5.41) is 14.2. The molecule has 3 heterocycles. The number of aliphatic carboxylic acids is 1. The fourth-order valence-corrected chi connectivity index (χ4v) is 4.91. The molecule has 0 saturated carbocycles. The zero-order valence-corrected chi connectivity index (χ0v) is 14.7. The molecule has 24 heavy (non-hydrogen) atoms. The lowest BCUT2D eigenvalue weighted by molar-refractivity contribution is -0.144. The van der Waals surface area contributed by atoms with E-state index in [2.05, 4.69) is 5.32 Å². The smallest absolute Gasteiger partial charge is 0.309 e. The van der Waals surface area contributed by atoms with E-state index in [1.165, 1.54) is 4.88 Å². The molecule has 2 aliphatic rings. The van der Waals surface area contributed by atoms with E-state index in [-0.39, 0.29) is 18.2 Å². The van der Waals surface area contributed by atoms with Gasteiger partial charge in [0.2, 0.25) is 5.91 Å². The van der Waals surface area contributed by atoms with E-state index >= 15 is 0 Å². The molecule has 2 fully saturated rings. The van der Waals surface area contributed by atoms with E-state index in [1.807, 2.05) is 19.2 Å². The second-order valence-corrected chi connectivity index (χ2v) is 7.71. The number of nitrogens with one attached hydrogen (secondary N) is 1. The van der Waals surface area contributed by atoms with Crippen molar-refractivity contribution in [3.63, 3.8) is 0 Å². The highest BCUT2D eigenvalue weighted by Crippen LogP contribution is 2.37. The van der Waals surface area contributed by atoms with Crippen LogP contribution < -0.4 is 5.32 Å². The topological polar surface area (TPSA) is 86.7 Å². The molecular weight excluding hydrogens is 328 g/mol. The molecule has 6 nitrogen and oxygen atoms in total. The number of carboxylic acid groups (broad SMARTS) is 1. The van der Waals surface area contributed by atoms with Crippen LogP contribution in [-0.2, 0) is 16.0 Å². The van der Waals surface area contributed by atoms with Gasteiger partial charge in [-0.2, -0.15) is 0 Å². The number of hydrogen-bond acceptors (Lipinski definition) is 4. The maximum absolute atomic E-state index is 12.8. The van der Waals surface area contributed by atoms with Gasteiger partial charge in [-0.3, -0.25) is 14.4 Å². The quantitative estimate of drug-likeness (QED) is 0.870. The van der Waals surface area contributed by atoms with Crippen LogP contribution in [0, 0.1) is 12.8 Å². The van der Waals surface area contributed by atoms with Gasteiger partial charge in [-0.15, -0.1) is 11.3 Å². The van der Waals surface area contributed by atoms with Gasteiger partial charge in [0.25, 0.3) is 5.91 Å². The van der Waals surface area contributed by atoms with Gasteiger partial charge in [0.1, 0.15) is 0 Å². The van der Waals surface area contributed by atoms with Gasteiger partial charge < -0.3 is 15.3 Å². The van der Waals surface area contributed by atoms with E-state index in [0.717, 1.165) is 17.5 Å². The zero-order chi connectivity index (χ0) is 17.5. The largest absolute Gasteiger partial charge is 0.481 e. The van der Waals surface area contributed by atoms with E-state index in [9.17, 15) is 19.5 Å². The fourth-order valence-electron chi connectivity index (χ4n) is 3.97. The van der Waals surface area contributed by atoms with E-state index < -0.39 is 17.4 Å². The number of aryl methyl sites for hydroxylation is 1. The lowest BCUT2D eigenvalue weighted by Crippen LogP contribution is -2.56. The molecule has 2 saturated heterocycles. The van der Waals surface area contributed by atoms with Crippen LogP contribution in [0.1, 0.15) is 47.0 Å². The molecule has 1 atom stereocenters. The lowest BCUT2D eigenvalue weighted by atomic mass is 9.77. The zero-order valence-electron chi connectivity index (χ0n) is 13.9. The molecule has 0 radical (unpaired) electrons. The van der Waals surface area contributed by atoms with Crippen molar-refractivity contribution in [3.8, 4) is 0 Å². The second-order valence-electron chi connectivity index (χ2n) is 6.63. The summed E-state index contributed by atoms with van der Waals surface area (Å²) in [6, 6.07) is 0. The summed E-state index contributed by atoms with van der Waals surface area (Å²) >= 11 is 1.59. The third-order valence-corrected chi connectivity index (χ3v) is 6.33. The molecule has 0 bridgehead atoms. The average molecular weight is 350 g/mol. The van der Waals surface area contributed by atoms with Crippen LogP contribution in [-0.4, -0.2) is 46.4 Å². The van der Waals surface area contributed by atoms with Gasteiger partial charge in [0.15, 0.2) is 0 Å². The molecule has 0 aromatic carbocycles. The second kappa shape index (κ2) is 6.20. The monoisotopic (exact) mass is 350 g/mol. The van der Waals surface area contributed by atoms with Gasteiger partial charge in [0, 0.05) is 29.8 Å². The van der Waals surface area contributed by atoms with Crippen molar-refractivity contribution < 1.29 is 19.5 Å². The Hall–Kier alpha value is -1.89. The molecule has 7 heteroatoms. The molecule has 2 amide bonds. The number of likely N-dealkylation sites (tertiary alicyclic amines) is 1. The van der Waals surface area contributed by atoms with Crippen LogP contribution in [0.3, 0.4) is 0 Å². The van der Waals surface area contributed by atoms with Gasteiger partial charge in [0.05, 0.1) is 17.0 Å². The van der Waals surface area contributed by atoms with Crippen LogP contribution in [0.25, 0.3) is 0 Å². The SMILES string of the molecule is CCc1c(C(=O)N2CCC3(CC2)NC(=O)C[C@@H]3C(=O)O)csc1C. The number of carbonyl (C=O) groups excluding carboxylic acids is 2. The van der Waals surface area contributed by atoms with Gasteiger partial charge in [-0.1, -0.05) is 6.92 Å². The summed E-state index contributed by atoms with van der Waals surface area (Å²) in [7, 11) is 0. The number of carboxylic acids is 1. The molecule has 1 spiro atoms. The van der Waals surface area contributed by atoms with Crippen molar-refractivity contribution in [2.45, 2.75) is 45.1 Å². The van der Waals surface area contributed by atoms with Crippen LogP contribution >= 0.6 is 11.3 Å². The van der Waals surface area contributed by atoms with Crippen molar-refractivity contribution in [2.75, 3.05) is 13.1 Å². The Balaban J connectivity index is 1.74.